The van der Waals surface area contributed by atoms with Crippen molar-refractivity contribution in [1.82, 2.24) is 15.5 Å². The molecule has 7 nitrogen and oxygen atoms in total. The molecule has 1 aromatic rings. The number of benzene rings is 1. The van der Waals surface area contributed by atoms with Crippen molar-refractivity contribution >= 4 is 41.8 Å². The van der Waals surface area contributed by atoms with Crippen LogP contribution in [0.15, 0.2) is 41.4 Å². The number of ether oxygens (including phenoxy) is 1. The van der Waals surface area contributed by atoms with E-state index in [-0.39, 0.29) is 71.4 Å². The van der Waals surface area contributed by atoms with Gasteiger partial charge >= 0.3 is 0 Å². The summed E-state index contributed by atoms with van der Waals surface area (Å²) in [5.41, 5.74) is 0. The van der Waals surface area contributed by atoms with Crippen LogP contribution in [-0.4, -0.2) is 55.5 Å². The molecule has 5 unspecified atom stereocenters. The second-order valence-electron chi connectivity index (χ2n) is 8.09. The molecule has 1 saturated heterocycles. The lowest BCUT2D eigenvalue weighted by Crippen LogP contribution is -2.45. The van der Waals surface area contributed by atoms with Gasteiger partial charge in [0.05, 0.1) is 18.4 Å². The van der Waals surface area contributed by atoms with Gasteiger partial charge in [0.15, 0.2) is 5.96 Å². The third-order valence-corrected chi connectivity index (χ3v) is 6.10. The fraction of sp³-hybridized carbons (Fsp3) is 0.500. The third kappa shape index (κ3) is 4.86. The smallest absolute Gasteiger partial charge is 0.233 e. The lowest BCUT2D eigenvalue weighted by atomic mass is 9.85. The van der Waals surface area contributed by atoms with Crippen molar-refractivity contribution < 1.29 is 18.7 Å². The largest absolute Gasteiger partial charge is 0.489 e. The maximum atomic E-state index is 13.2. The number of guanidine groups is 1. The first kappa shape index (κ1) is 23.5. The van der Waals surface area contributed by atoms with Crippen LogP contribution in [-0.2, 0) is 9.59 Å². The van der Waals surface area contributed by atoms with Gasteiger partial charge in [0.25, 0.3) is 0 Å². The summed E-state index contributed by atoms with van der Waals surface area (Å²) >= 11 is 0. The average Bonchev–Trinajstić information content (AvgIpc) is 3.40. The highest BCUT2D eigenvalue weighted by Crippen LogP contribution is 2.52. The SMILES string of the molecule is CN=C(NCCN1C(=O)C2C3C=CC(C3)C2C1=O)NCC(C)Oc1cccc(F)c1.I. The van der Waals surface area contributed by atoms with Gasteiger partial charge in [-0.2, -0.15) is 0 Å². The fourth-order valence-corrected chi connectivity index (χ4v) is 4.75. The molecule has 9 heteroatoms. The number of carbonyl (C=O) groups is 2. The van der Waals surface area contributed by atoms with Crippen LogP contribution in [0.3, 0.4) is 0 Å². The number of halogens is 2. The molecule has 0 spiro atoms. The predicted octanol–water partition coefficient (Wildman–Crippen LogP) is 2.18. The van der Waals surface area contributed by atoms with E-state index in [2.05, 4.69) is 27.8 Å². The average molecular weight is 542 g/mol. The minimum Gasteiger partial charge on any atom is -0.489 e. The summed E-state index contributed by atoms with van der Waals surface area (Å²) in [5, 5.41) is 6.27. The van der Waals surface area contributed by atoms with Crippen LogP contribution < -0.4 is 15.4 Å². The van der Waals surface area contributed by atoms with Gasteiger partial charge in [-0.15, -0.1) is 24.0 Å². The molecule has 1 aliphatic heterocycles. The van der Waals surface area contributed by atoms with Crippen molar-refractivity contribution in [2.24, 2.45) is 28.7 Å². The normalized spacial score (nSPS) is 27.2. The summed E-state index contributed by atoms with van der Waals surface area (Å²) < 4.78 is 18.9. The maximum Gasteiger partial charge on any atom is 0.233 e. The monoisotopic (exact) mass is 542 g/mol. The second kappa shape index (κ2) is 9.97. The number of amides is 2. The van der Waals surface area contributed by atoms with Crippen LogP contribution in [0, 0.1) is 29.5 Å². The minimum atomic E-state index is -0.343. The summed E-state index contributed by atoms with van der Waals surface area (Å²) in [6, 6.07) is 6.01. The number of hydrogen-bond donors (Lipinski definition) is 2. The Hall–Kier alpha value is -2.17. The molecule has 4 rings (SSSR count). The molecule has 1 heterocycles. The molecule has 1 saturated carbocycles. The van der Waals surface area contributed by atoms with Gasteiger partial charge in [0, 0.05) is 26.2 Å². The zero-order valence-corrected chi connectivity index (χ0v) is 19.9. The van der Waals surface area contributed by atoms with Crippen molar-refractivity contribution in [3.05, 3.63) is 42.2 Å². The topological polar surface area (TPSA) is 83.0 Å². The molecule has 0 radical (unpaired) electrons. The van der Waals surface area contributed by atoms with Gasteiger partial charge in [0.1, 0.15) is 17.7 Å². The Balaban J connectivity index is 0.00000272. The summed E-state index contributed by atoms with van der Waals surface area (Å²) in [6.07, 6.45) is 4.91. The maximum absolute atomic E-state index is 13.2. The van der Waals surface area contributed by atoms with E-state index in [1.165, 1.54) is 17.0 Å². The second-order valence-corrected chi connectivity index (χ2v) is 8.09. The Labute approximate surface area is 198 Å². The molecule has 2 N–H and O–H groups in total. The molecule has 2 fully saturated rings. The van der Waals surface area contributed by atoms with Crippen LogP contribution in [0.5, 0.6) is 5.75 Å². The van der Waals surface area contributed by atoms with Gasteiger partial charge in [0.2, 0.25) is 11.8 Å². The van der Waals surface area contributed by atoms with E-state index in [1.54, 1.807) is 19.2 Å². The van der Waals surface area contributed by atoms with Gasteiger partial charge in [-0.05, 0) is 37.3 Å². The third-order valence-electron chi connectivity index (χ3n) is 6.10. The number of aliphatic imine (C=N–C) groups is 1. The standard InChI is InChI=1S/C22H27FN4O3.HI/c1-13(30-17-5-3-4-16(23)11-17)12-26-22(24-2)25-8-9-27-20(28)18-14-6-7-15(10-14)19(18)21(27)29;/h3-7,11,13-15,18-19H,8-10,12H2,1-2H3,(H2,24,25,26);1H. The Bertz CT molecular complexity index is 863. The zero-order chi connectivity index (χ0) is 21.3. The number of rotatable bonds is 7. The molecule has 2 aliphatic carbocycles. The Kier molecular flexibility index (Phi) is 7.55. The molecular formula is C22H28FIN4O3. The van der Waals surface area contributed by atoms with Crippen molar-refractivity contribution in [3.8, 4) is 5.75 Å². The molecule has 1 aromatic carbocycles. The fourth-order valence-electron chi connectivity index (χ4n) is 4.75. The van der Waals surface area contributed by atoms with Crippen LogP contribution in [0.4, 0.5) is 4.39 Å². The van der Waals surface area contributed by atoms with Crippen molar-refractivity contribution in [1.29, 1.82) is 0 Å². The van der Waals surface area contributed by atoms with E-state index >= 15 is 0 Å². The summed E-state index contributed by atoms with van der Waals surface area (Å²) in [5.74, 6) is 0.720. The lowest BCUT2D eigenvalue weighted by molar-refractivity contribution is -0.140. The number of carbonyl (C=O) groups excluding carboxylic acids is 2. The number of fused-ring (bicyclic) bond motifs is 5. The van der Waals surface area contributed by atoms with E-state index in [1.807, 2.05) is 6.92 Å². The molecular weight excluding hydrogens is 514 g/mol. The first-order chi connectivity index (χ1) is 14.5. The number of hydrogen-bond acceptors (Lipinski definition) is 4. The molecule has 2 bridgehead atoms. The Morgan fingerprint density at radius 2 is 1.90 bits per heavy atom. The first-order valence-electron chi connectivity index (χ1n) is 10.4. The Morgan fingerprint density at radius 1 is 1.23 bits per heavy atom. The van der Waals surface area contributed by atoms with Crippen molar-refractivity contribution in [3.63, 3.8) is 0 Å². The molecule has 2 amide bonds. The highest BCUT2D eigenvalue weighted by Gasteiger charge is 2.58. The van der Waals surface area contributed by atoms with Crippen molar-refractivity contribution in [2.45, 2.75) is 19.4 Å². The van der Waals surface area contributed by atoms with Crippen LogP contribution in [0.25, 0.3) is 0 Å². The highest BCUT2D eigenvalue weighted by molar-refractivity contribution is 14.0. The number of allylic oxidation sites excluding steroid dienone is 2. The van der Waals surface area contributed by atoms with Gasteiger partial charge in [-0.25, -0.2) is 4.39 Å². The van der Waals surface area contributed by atoms with E-state index in [0.29, 0.717) is 31.3 Å². The molecule has 31 heavy (non-hydrogen) atoms. The summed E-state index contributed by atoms with van der Waals surface area (Å²) in [4.78, 5) is 31.0. The van der Waals surface area contributed by atoms with E-state index in [9.17, 15) is 14.0 Å². The first-order valence-corrected chi connectivity index (χ1v) is 10.4. The number of likely N-dealkylation sites (tertiary alicyclic amines) is 1. The highest BCUT2D eigenvalue weighted by atomic mass is 127. The van der Waals surface area contributed by atoms with E-state index < -0.39 is 0 Å². The quantitative estimate of drug-likeness (QED) is 0.182. The van der Waals surface area contributed by atoms with E-state index in [0.717, 1.165) is 6.42 Å². The number of imide groups is 1. The summed E-state index contributed by atoms with van der Waals surface area (Å²) in [7, 11) is 1.65. The van der Waals surface area contributed by atoms with Crippen LogP contribution in [0.1, 0.15) is 13.3 Å². The van der Waals surface area contributed by atoms with Crippen LogP contribution in [0.2, 0.25) is 0 Å². The molecule has 3 aliphatic rings. The van der Waals surface area contributed by atoms with Gasteiger partial charge < -0.3 is 15.4 Å². The molecule has 0 aromatic heterocycles. The number of nitrogens with zero attached hydrogens (tertiary/aromatic N) is 2. The predicted molar refractivity (Wildman–Crippen MR) is 126 cm³/mol. The van der Waals surface area contributed by atoms with Gasteiger partial charge in [-0.3, -0.25) is 19.5 Å². The minimum absolute atomic E-state index is 0. The van der Waals surface area contributed by atoms with E-state index in [4.69, 9.17) is 4.74 Å². The van der Waals surface area contributed by atoms with Crippen LogP contribution >= 0.6 is 24.0 Å². The Morgan fingerprint density at radius 3 is 2.52 bits per heavy atom. The summed E-state index contributed by atoms with van der Waals surface area (Å²) in [6.45, 7) is 3.06. The molecule has 5 atom stereocenters. The lowest BCUT2D eigenvalue weighted by Gasteiger charge is -2.20. The van der Waals surface area contributed by atoms with Crippen molar-refractivity contribution in [2.75, 3.05) is 26.7 Å². The zero-order valence-electron chi connectivity index (χ0n) is 17.6. The number of nitrogens with one attached hydrogen (secondary N) is 2. The molecule has 168 valence electrons. The van der Waals surface area contributed by atoms with Gasteiger partial charge in [-0.1, -0.05) is 18.2 Å².